The SMILES string of the molecule is COc1cccc(-c2nc3ccc(C)cc3c(=O)n2Cc2cccc(CN)c2)c1. The maximum atomic E-state index is 13.5. The van der Waals surface area contributed by atoms with E-state index in [1.165, 1.54) is 0 Å². The average Bonchev–Trinajstić information content (AvgIpc) is 2.76. The van der Waals surface area contributed by atoms with Crippen molar-refractivity contribution in [2.24, 2.45) is 5.73 Å². The van der Waals surface area contributed by atoms with Gasteiger partial charge >= 0.3 is 0 Å². The topological polar surface area (TPSA) is 70.1 Å². The first-order chi connectivity index (χ1) is 14.1. The maximum Gasteiger partial charge on any atom is 0.261 e. The zero-order chi connectivity index (χ0) is 20.4. The minimum Gasteiger partial charge on any atom is -0.497 e. The normalized spacial score (nSPS) is 11.0. The van der Waals surface area contributed by atoms with Gasteiger partial charge in [-0.25, -0.2) is 4.98 Å². The summed E-state index contributed by atoms with van der Waals surface area (Å²) in [7, 11) is 1.63. The molecule has 4 aromatic rings. The molecule has 0 atom stereocenters. The van der Waals surface area contributed by atoms with Crippen molar-refractivity contribution in [1.82, 2.24) is 9.55 Å². The van der Waals surface area contributed by atoms with Gasteiger partial charge in [-0.05, 0) is 42.3 Å². The molecule has 1 aromatic heterocycles. The van der Waals surface area contributed by atoms with Gasteiger partial charge in [-0.1, -0.05) is 48.0 Å². The Morgan fingerprint density at radius 1 is 1.00 bits per heavy atom. The number of hydrogen-bond acceptors (Lipinski definition) is 4. The van der Waals surface area contributed by atoms with Gasteiger partial charge in [0.15, 0.2) is 0 Å². The standard InChI is InChI=1S/C24H23N3O2/c1-16-9-10-22-21(11-16)24(28)27(15-18-6-3-5-17(12-18)14-25)23(26-22)19-7-4-8-20(13-19)29-2/h3-13H,14-15,25H2,1-2H3. The Labute approximate surface area is 169 Å². The highest BCUT2D eigenvalue weighted by molar-refractivity contribution is 5.80. The third-order valence-corrected chi connectivity index (χ3v) is 5.01. The fraction of sp³-hybridized carbons (Fsp3) is 0.167. The first-order valence-electron chi connectivity index (χ1n) is 9.52. The molecule has 0 spiro atoms. The Hall–Kier alpha value is -3.44. The molecule has 3 aromatic carbocycles. The highest BCUT2D eigenvalue weighted by Crippen LogP contribution is 2.24. The van der Waals surface area contributed by atoms with Crippen LogP contribution in [0.4, 0.5) is 0 Å². The van der Waals surface area contributed by atoms with Crippen LogP contribution in [0.15, 0.2) is 71.5 Å². The second-order valence-electron chi connectivity index (χ2n) is 7.10. The first-order valence-corrected chi connectivity index (χ1v) is 9.52. The van der Waals surface area contributed by atoms with E-state index in [2.05, 4.69) is 0 Å². The summed E-state index contributed by atoms with van der Waals surface area (Å²) in [6.07, 6.45) is 0. The third kappa shape index (κ3) is 3.77. The molecule has 1 heterocycles. The van der Waals surface area contributed by atoms with Crippen LogP contribution in [0.2, 0.25) is 0 Å². The predicted octanol–water partition coefficient (Wildman–Crippen LogP) is 3.89. The molecule has 0 aliphatic rings. The summed E-state index contributed by atoms with van der Waals surface area (Å²) in [4.78, 5) is 18.3. The number of methoxy groups -OCH3 is 1. The molecular formula is C24H23N3O2. The van der Waals surface area contributed by atoms with E-state index in [1.54, 1.807) is 11.7 Å². The number of hydrogen-bond donors (Lipinski definition) is 1. The summed E-state index contributed by atoms with van der Waals surface area (Å²) in [5.41, 5.74) is 10.3. The molecule has 0 aliphatic carbocycles. The Balaban J connectivity index is 1.96. The molecular weight excluding hydrogens is 362 g/mol. The highest BCUT2D eigenvalue weighted by Gasteiger charge is 2.14. The second kappa shape index (κ2) is 7.89. The number of nitrogens with zero attached hydrogens (tertiary/aromatic N) is 2. The summed E-state index contributed by atoms with van der Waals surface area (Å²) in [6.45, 7) is 2.85. The summed E-state index contributed by atoms with van der Waals surface area (Å²) >= 11 is 0. The highest BCUT2D eigenvalue weighted by atomic mass is 16.5. The molecule has 0 saturated heterocycles. The molecule has 146 valence electrons. The van der Waals surface area contributed by atoms with Crippen molar-refractivity contribution in [1.29, 1.82) is 0 Å². The molecule has 5 heteroatoms. The van der Waals surface area contributed by atoms with Gasteiger partial charge in [-0.3, -0.25) is 9.36 Å². The fourth-order valence-electron chi connectivity index (χ4n) is 3.50. The van der Waals surface area contributed by atoms with Crippen molar-refractivity contribution in [3.63, 3.8) is 0 Å². The number of aromatic nitrogens is 2. The largest absolute Gasteiger partial charge is 0.497 e. The predicted molar refractivity (Wildman–Crippen MR) is 116 cm³/mol. The van der Waals surface area contributed by atoms with Crippen molar-refractivity contribution in [3.05, 3.63) is 93.8 Å². The number of aryl methyl sites for hydroxylation is 1. The number of ether oxygens (including phenoxy) is 1. The van der Waals surface area contributed by atoms with Gasteiger partial charge in [-0.15, -0.1) is 0 Å². The minimum absolute atomic E-state index is 0.0605. The second-order valence-corrected chi connectivity index (χ2v) is 7.10. The number of nitrogens with two attached hydrogens (primary N) is 1. The van der Waals surface area contributed by atoms with Crippen molar-refractivity contribution in [2.45, 2.75) is 20.0 Å². The average molecular weight is 385 g/mol. The van der Waals surface area contributed by atoms with Crippen molar-refractivity contribution >= 4 is 10.9 Å². The summed E-state index contributed by atoms with van der Waals surface area (Å²) in [5, 5.41) is 0.617. The van der Waals surface area contributed by atoms with Gasteiger partial charge in [0, 0.05) is 12.1 Å². The van der Waals surface area contributed by atoms with E-state index in [4.69, 9.17) is 15.5 Å². The lowest BCUT2D eigenvalue weighted by molar-refractivity contribution is 0.415. The van der Waals surface area contributed by atoms with Gasteiger partial charge in [-0.2, -0.15) is 0 Å². The molecule has 2 N–H and O–H groups in total. The molecule has 0 aliphatic heterocycles. The van der Waals surface area contributed by atoms with E-state index in [0.29, 0.717) is 29.8 Å². The number of benzene rings is 3. The molecule has 0 unspecified atom stereocenters. The molecule has 29 heavy (non-hydrogen) atoms. The van der Waals surface area contributed by atoms with Crippen LogP contribution in [0.25, 0.3) is 22.3 Å². The first kappa shape index (κ1) is 18.9. The van der Waals surface area contributed by atoms with E-state index < -0.39 is 0 Å². The van der Waals surface area contributed by atoms with Crippen LogP contribution >= 0.6 is 0 Å². The molecule has 0 radical (unpaired) electrons. The van der Waals surface area contributed by atoms with Crippen LogP contribution in [-0.2, 0) is 13.1 Å². The summed E-state index contributed by atoms with van der Waals surface area (Å²) < 4.78 is 7.10. The smallest absolute Gasteiger partial charge is 0.261 e. The minimum atomic E-state index is -0.0605. The van der Waals surface area contributed by atoms with E-state index in [9.17, 15) is 4.79 Å². The fourth-order valence-corrected chi connectivity index (χ4v) is 3.50. The maximum absolute atomic E-state index is 13.5. The van der Waals surface area contributed by atoms with E-state index >= 15 is 0 Å². The van der Waals surface area contributed by atoms with Crippen molar-refractivity contribution in [3.8, 4) is 17.1 Å². The zero-order valence-electron chi connectivity index (χ0n) is 16.6. The molecule has 0 amide bonds. The van der Waals surface area contributed by atoms with Gasteiger partial charge in [0.05, 0.1) is 24.6 Å². The number of fused-ring (bicyclic) bond motifs is 1. The Kier molecular flexibility index (Phi) is 5.14. The van der Waals surface area contributed by atoms with Crippen LogP contribution in [0.3, 0.4) is 0 Å². The quantitative estimate of drug-likeness (QED) is 0.566. The van der Waals surface area contributed by atoms with E-state index in [0.717, 1.165) is 28.0 Å². The lowest BCUT2D eigenvalue weighted by Crippen LogP contribution is -2.24. The van der Waals surface area contributed by atoms with Gasteiger partial charge in [0.1, 0.15) is 11.6 Å². The van der Waals surface area contributed by atoms with Crippen LogP contribution < -0.4 is 16.0 Å². The Morgan fingerprint density at radius 3 is 2.59 bits per heavy atom. The van der Waals surface area contributed by atoms with Gasteiger partial charge in [0.25, 0.3) is 5.56 Å². The molecule has 0 bridgehead atoms. The van der Waals surface area contributed by atoms with Crippen LogP contribution in [0, 0.1) is 6.92 Å². The lowest BCUT2D eigenvalue weighted by atomic mass is 10.1. The number of rotatable bonds is 5. The monoisotopic (exact) mass is 385 g/mol. The van der Waals surface area contributed by atoms with Gasteiger partial charge in [0.2, 0.25) is 0 Å². The lowest BCUT2D eigenvalue weighted by Gasteiger charge is -2.15. The molecule has 0 saturated carbocycles. The Bertz CT molecular complexity index is 1240. The summed E-state index contributed by atoms with van der Waals surface area (Å²) in [5.74, 6) is 1.33. The van der Waals surface area contributed by atoms with Crippen molar-refractivity contribution < 1.29 is 4.74 Å². The van der Waals surface area contributed by atoms with Gasteiger partial charge < -0.3 is 10.5 Å². The molecule has 0 fully saturated rings. The zero-order valence-corrected chi connectivity index (χ0v) is 16.6. The Morgan fingerprint density at radius 2 is 1.79 bits per heavy atom. The molecule has 5 nitrogen and oxygen atoms in total. The summed E-state index contributed by atoms with van der Waals surface area (Å²) in [6, 6.07) is 21.4. The van der Waals surface area contributed by atoms with E-state index in [-0.39, 0.29) is 5.56 Å². The van der Waals surface area contributed by atoms with Crippen LogP contribution in [0.1, 0.15) is 16.7 Å². The van der Waals surface area contributed by atoms with Crippen molar-refractivity contribution in [2.75, 3.05) is 7.11 Å². The third-order valence-electron chi connectivity index (χ3n) is 5.01. The molecule has 4 rings (SSSR count). The van der Waals surface area contributed by atoms with Crippen LogP contribution in [0.5, 0.6) is 5.75 Å². The van der Waals surface area contributed by atoms with E-state index in [1.807, 2.05) is 73.7 Å². The van der Waals surface area contributed by atoms with Crippen LogP contribution in [-0.4, -0.2) is 16.7 Å².